The Morgan fingerprint density at radius 1 is 1.23 bits per heavy atom. The van der Waals surface area contributed by atoms with Crippen LogP contribution in [0.4, 0.5) is 4.39 Å². The molecule has 0 aliphatic heterocycles. The normalized spacial score (nSPS) is 11.5. The highest BCUT2D eigenvalue weighted by atomic mass is 32.1. The van der Waals surface area contributed by atoms with E-state index in [-0.39, 0.29) is 5.82 Å². The van der Waals surface area contributed by atoms with Crippen LogP contribution in [0, 0.1) is 5.82 Å². The Balaban J connectivity index is 1.54. The zero-order chi connectivity index (χ0) is 18.2. The Bertz CT molecular complexity index is 828. The van der Waals surface area contributed by atoms with E-state index in [2.05, 4.69) is 20.6 Å². The SMILES string of the molecule is CCNC(=NCc1coc(-c2cccs2)n1)NCCc1ccc(F)cc1. The van der Waals surface area contributed by atoms with Gasteiger partial charge in [-0.15, -0.1) is 11.3 Å². The van der Waals surface area contributed by atoms with Gasteiger partial charge in [-0.2, -0.15) is 0 Å². The van der Waals surface area contributed by atoms with Gasteiger partial charge in [-0.3, -0.25) is 0 Å². The average molecular weight is 372 g/mol. The minimum atomic E-state index is -0.217. The molecule has 26 heavy (non-hydrogen) atoms. The number of rotatable bonds is 7. The van der Waals surface area contributed by atoms with Crippen molar-refractivity contribution in [1.82, 2.24) is 15.6 Å². The summed E-state index contributed by atoms with van der Waals surface area (Å²) in [4.78, 5) is 10.0. The van der Waals surface area contributed by atoms with E-state index in [1.54, 1.807) is 29.7 Å². The molecule has 7 heteroatoms. The third kappa shape index (κ3) is 5.16. The van der Waals surface area contributed by atoms with Gasteiger partial charge in [0, 0.05) is 13.1 Å². The molecule has 3 aromatic rings. The molecule has 0 aliphatic carbocycles. The minimum Gasteiger partial charge on any atom is -0.443 e. The van der Waals surface area contributed by atoms with Crippen molar-refractivity contribution < 1.29 is 8.81 Å². The second-order valence-corrected chi connectivity index (χ2v) is 6.57. The van der Waals surface area contributed by atoms with Crippen molar-refractivity contribution in [2.45, 2.75) is 19.9 Å². The predicted octanol–water partition coefficient (Wildman–Crippen LogP) is 3.84. The molecule has 0 spiro atoms. The van der Waals surface area contributed by atoms with Crippen LogP contribution in [0.1, 0.15) is 18.2 Å². The number of guanidine groups is 1. The van der Waals surface area contributed by atoms with E-state index in [4.69, 9.17) is 4.42 Å². The van der Waals surface area contributed by atoms with E-state index >= 15 is 0 Å². The molecule has 2 aromatic heterocycles. The molecule has 136 valence electrons. The minimum absolute atomic E-state index is 0.217. The van der Waals surface area contributed by atoms with E-state index in [9.17, 15) is 4.39 Å². The number of hydrogen-bond donors (Lipinski definition) is 2. The summed E-state index contributed by atoms with van der Waals surface area (Å²) in [5.41, 5.74) is 1.86. The first-order chi connectivity index (χ1) is 12.7. The maximum Gasteiger partial charge on any atom is 0.236 e. The summed E-state index contributed by atoms with van der Waals surface area (Å²) in [6.07, 6.45) is 2.43. The molecule has 1 aromatic carbocycles. The Kier molecular flexibility index (Phi) is 6.38. The van der Waals surface area contributed by atoms with Crippen molar-refractivity contribution in [1.29, 1.82) is 0 Å². The topological polar surface area (TPSA) is 62.5 Å². The lowest BCUT2D eigenvalue weighted by Crippen LogP contribution is -2.38. The molecule has 0 saturated carbocycles. The molecule has 0 aliphatic rings. The number of benzene rings is 1. The van der Waals surface area contributed by atoms with Crippen LogP contribution in [0.3, 0.4) is 0 Å². The van der Waals surface area contributed by atoms with Gasteiger partial charge in [0.15, 0.2) is 5.96 Å². The lowest BCUT2D eigenvalue weighted by Gasteiger charge is -2.11. The van der Waals surface area contributed by atoms with Gasteiger partial charge in [0.1, 0.15) is 17.8 Å². The number of aliphatic imine (C=N–C) groups is 1. The van der Waals surface area contributed by atoms with Gasteiger partial charge in [-0.05, 0) is 42.5 Å². The monoisotopic (exact) mass is 372 g/mol. The van der Waals surface area contributed by atoms with Crippen molar-refractivity contribution >= 4 is 17.3 Å². The summed E-state index contributed by atoms with van der Waals surface area (Å²) in [6, 6.07) is 10.5. The quantitative estimate of drug-likeness (QED) is 0.489. The van der Waals surface area contributed by atoms with Crippen LogP contribution in [0.2, 0.25) is 0 Å². The molecule has 0 saturated heterocycles. The number of nitrogens with one attached hydrogen (secondary N) is 2. The lowest BCUT2D eigenvalue weighted by molar-refractivity contribution is 0.574. The zero-order valence-electron chi connectivity index (χ0n) is 14.5. The average Bonchev–Trinajstić information content (AvgIpc) is 3.33. The van der Waals surface area contributed by atoms with E-state index in [1.165, 1.54) is 12.1 Å². The van der Waals surface area contributed by atoms with E-state index in [1.807, 2.05) is 24.4 Å². The fourth-order valence-corrected chi connectivity index (χ4v) is 3.03. The van der Waals surface area contributed by atoms with Crippen LogP contribution in [-0.4, -0.2) is 24.0 Å². The number of oxazole rings is 1. The summed E-state index contributed by atoms with van der Waals surface area (Å²) >= 11 is 1.59. The first-order valence-corrected chi connectivity index (χ1v) is 9.37. The van der Waals surface area contributed by atoms with Crippen LogP contribution in [0.25, 0.3) is 10.8 Å². The van der Waals surface area contributed by atoms with Gasteiger partial charge < -0.3 is 15.1 Å². The van der Waals surface area contributed by atoms with E-state index in [0.717, 1.165) is 35.1 Å². The molecule has 2 heterocycles. The summed E-state index contributed by atoms with van der Waals surface area (Å²) in [5.74, 6) is 1.13. The Morgan fingerprint density at radius 3 is 2.81 bits per heavy atom. The Morgan fingerprint density at radius 2 is 2.08 bits per heavy atom. The van der Waals surface area contributed by atoms with Crippen molar-refractivity contribution in [3.63, 3.8) is 0 Å². The van der Waals surface area contributed by atoms with Gasteiger partial charge in [-0.25, -0.2) is 14.4 Å². The molecular weight excluding hydrogens is 351 g/mol. The van der Waals surface area contributed by atoms with Crippen molar-refractivity contribution in [3.05, 3.63) is 65.1 Å². The maximum atomic E-state index is 12.9. The summed E-state index contributed by atoms with van der Waals surface area (Å²) < 4.78 is 18.4. The molecular formula is C19H21FN4OS. The van der Waals surface area contributed by atoms with Crippen LogP contribution >= 0.6 is 11.3 Å². The third-order valence-corrected chi connectivity index (χ3v) is 4.50. The molecule has 0 amide bonds. The van der Waals surface area contributed by atoms with Crippen LogP contribution in [-0.2, 0) is 13.0 Å². The molecule has 0 radical (unpaired) electrons. The molecule has 2 N–H and O–H groups in total. The highest BCUT2D eigenvalue weighted by Gasteiger charge is 2.07. The van der Waals surface area contributed by atoms with Gasteiger partial charge in [0.2, 0.25) is 5.89 Å². The first kappa shape index (κ1) is 18.1. The fourth-order valence-electron chi connectivity index (χ4n) is 2.37. The number of aromatic nitrogens is 1. The van der Waals surface area contributed by atoms with Crippen LogP contribution < -0.4 is 10.6 Å². The van der Waals surface area contributed by atoms with Gasteiger partial charge in [0.25, 0.3) is 0 Å². The standard InChI is InChI=1S/C19H21FN4OS/c1-2-21-19(22-10-9-14-5-7-15(20)8-6-14)23-12-16-13-25-18(24-16)17-4-3-11-26-17/h3-8,11,13H,2,9-10,12H2,1H3,(H2,21,22,23). The van der Waals surface area contributed by atoms with E-state index < -0.39 is 0 Å². The lowest BCUT2D eigenvalue weighted by atomic mass is 10.1. The molecule has 0 atom stereocenters. The van der Waals surface area contributed by atoms with Gasteiger partial charge in [-0.1, -0.05) is 18.2 Å². The van der Waals surface area contributed by atoms with Gasteiger partial charge in [0.05, 0.1) is 11.4 Å². The molecule has 0 unspecified atom stereocenters. The molecule has 3 rings (SSSR count). The molecule has 0 fully saturated rings. The second-order valence-electron chi connectivity index (χ2n) is 5.62. The van der Waals surface area contributed by atoms with Crippen molar-refractivity contribution in [3.8, 4) is 10.8 Å². The number of hydrogen-bond acceptors (Lipinski definition) is 4. The predicted molar refractivity (Wildman–Crippen MR) is 103 cm³/mol. The van der Waals surface area contributed by atoms with Crippen molar-refractivity contribution in [2.24, 2.45) is 4.99 Å². The number of nitrogens with zero attached hydrogens (tertiary/aromatic N) is 2. The summed E-state index contributed by atoms with van der Waals surface area (Å²) in [7, 11) is 0. The van der Waals surface area contributed by atoms with E-state index in [0.29, 0.717) is 19.0 Å². The Labute approximate surface area is 156 Å². The van der Waals surface area contributed by atoms with Crippen LogP contribution in [0.5, 0.6) is 0 Å². The van der Waals surface area contributed by atoms with Crippen LogP contribution in [0.15, 0.2) is 57.5 Å². The maximum absolute atomic E-state index is 12.9. The highest BCUT2D eigenvalue weighted by molar-refractivity contribution is 7.13. The fraction of sp³-hybridized carbons (Fsp3) is 0.263. The molecule has 0 bridgehead atoms. The smallest absolute Gasteiger partial charge is 0.236 e. The van der Waals surface area contributed by atoms with Crippen molar-refractivity contribution in [2.75, 3.05) is 13.1 Å². The Hall–Kier alpha value is -2.67. The summed E-state index contributed by atoms with van der Waals surface area (Å²) in [5, 5.41) is 8.47. The largest absolute Gasteiger partial charge is 0.443 e. The molecule has 5 nitrogen and oxygen atoms in total. The first-order valence-electron chi connectivity index (χ1n) is 8.49. The zero-order valence-corrected chi connectivity index (χ0v) is 15.4. The number of thiophene rings is 1. The summed E-state index contributed by atoms with van der Waals surface area (Å²) in [6.45, 7) is 3.92. The second kappa shape index (κ2) is 9.15. The van der Waals surface area contributed by atoms with Gasteiger partial charge >= 0.3 is 0 Å². The highest BCUT2D eigenvalue weighted by Crippen LogP contribution is 2.23. The number of halogens is 1. The third-order valence-electron chi connectivity index (χ3n) is 3.65.